The molecule has 4 atom stereocenters. The smallest absolute Gasteiger partial charge is 0.352 e. The highest BCUT2D eigenvalue weighted by Crippen LogP contribution is 2.46. The third-order valence-corrected chi connectivity index (χ3v) is 3.72. The molecule has 88 valence electrons. The van der Waals surface area contributed by atoms with Gasteiger partial charge in [0.1, 0.15) is 5.70 Å². The van der Waals surface area contributed by atoms with Gasteiger partial charge in [-0.25, -0.2) is 4.79 Å². The minimum atomic E-state index is -1.07. The van der Waals surface area contributed by atoms with E-state index in [0.29, 0.717) is 5.57 Å². The van der Waals surface area contributed by atoms with E-state index in [1.807, 2.05) is 6.92 Å². The van der Waals surface area contributed by atoms with Crippen LogP contribution in [-0.4, -0.2) is 39.1 Å². The molecule has 5 heteroatoms. The molecule has 0 spiro atoms. The van der Waals surface area contributed by atoms with Crippen LogP contribution in [0.5, 0.6) is 0 Å². The lowest BCUT2D eigenvalue weighted by Crippen LogP contribution is -2.63. The Hall–Kier alpha value is -1.36. The number of carboxylic acid groups (broad SMARTS) is 1. The van der Waals surface area contributed by atoms with Gasteiger partial charge in [0, 0.05) is 5.92 Å². The van der Waals surface area contributed by atoms with Gasteiger partial charge in [0.05, 0.1) is 18.1 Å². The van der Waals surface area contributed by atoms with E-state index in [1.165, 1.54) is 4.90 Å². The first-order valence-electron chi connectivity index (χ1n) is 5.33. The maximum atomic E-state index is 11.8. The van der Waals surface area contributed by atoms with Gasteiger partial charge in [-0.05, 0) is 19.4 Å². The molecule has 16 heavy (non-hydrogen) atoms. The lowest BCUT2D eigenvalue weighted by molar-refractivity contribution is -0.163. The second kappa shape index (κ2) is 3.31. The van der Waals surface area contributed by atoms with Gasteiger partial charge in [0.25, 0.3) is 0 Å². The zero-order chi connectivity index (χ0) is 12.2. The largest absolute Gasteiger partial charge is 0.477 e. The number of carbonyl (C=O) groups excluding carboxylic acids is 1. The Balaban J connectivity index is 2.36. The first-order valence-corrected chi connectivity index (χ1v) is 5.33. The third kappa shape index (κ3) is 1.15. The molecule has 0 unspecified atom stereocenters. The van der Waals surface area contributed by atoms with Crippen molar-refractivity contribution in [3.8, 4) is 0 Å². The molecule has 1 amide bonds. The fraction of sp³-hybridized carbons (Fsp3) is 0.636. The van der Waals surface area contributed by atoms with Crippen LogP contribution < -0.4 is 0 Å². The summed E-state index contributed by atoms with van der Waals surface area (Å²) in [4.78, 5) is 24.1. The van der Waals surface area contributed by atoms with E-state index >= 15 is 0 Å². The number of nitrogens with zero attached hydrogens (tertiary/aromatic N) is 1. The zero-order valence-corrected chi connectivity index (χ0v) is 9.47. The summed E-state index contributed by atoms with van der Waals surface area (Å²) >= 11 is 0. The molecular weight excluding hydrogens is 210 g/mol. The highest BCUT2D eigenvalue weighted by Gasteiger charge is 2.58. The maximum absolute atomic E-state index is 11.8. The molecule has 2 N–H and O–H groups in total. The molecule has 0 bridgehead atoms. The quantitative estimate of drug-likeness (QED) is 0.658. The number of β-lactam (4-membered cyclic amide) rings is 1. The Morgan fingerprint density at radius 3 is 2.50 bits per heavy atom. The van der Waals surface area contributed by atoms with E-state index in [1.54, 1.807) is 13.8 Å². The van der Waals surface area contributed by atoms with Crippen molar-refractivity contribution in [2.45, 2.75) is 32.9 Å². The molecule has 0 saturated carbocycles. The molecule has 2 heterocycles. The molecule has 2 aliphatic heterocycles. The SMILES string of the molecule is CC1=C(C(=O)O)N2C(=O)[C@H]([C@@H](C)O)[C@H]2[C@H]1C. The molecule has 1 fully saturated rings. The van der Waals surface area contributed by atoms with Crippen LogP contribution in [0.25, 0.3) is 0 Å². The van der Waals surface area contributed by atoms with Gasteiger partial charge in [-0.3, -0.25) is 4.79 Å². The highest BCUT2D eigenvalue weighted by molar-refractivity contribution is 5.99. The van der Waals surface area contributed by atoms with E-state index in [2.05, 4.69) is 0 Å². The number of aliphatic carboxylic acids is 1. The second-order valence-corrected chi connectivity index (χ2v) is 4.59. The van der Waals surface area contributed by atoms with E-state index in [0.717, 1.165) is 0 Å². The van der Waals surface area contributed by atoms with Crippen molar-refractivity contribution in [1.82, 2.24) is 4.90 Å². The lowest BCUT2D eigenvalue weighted by atomic mass is 9.78. The summed E-state index contributed by atoms with van der Waals surface area (Å²) in [7, 11) is 0. The summed E-state index contributed by atoms with van der Waals surface area (Å²) in [6.07, 6.45) is -0.725. The van der Waals surface area contributed by atoms with Crippen LogP contribution in [0.1, 0.15) is 20.8 Å². The van der Waals surface area contributed by atoms with Gasteiger partial charge in [0.2, 0.25) is 5.91 Å². The number of fused-ring (bicyclic) bond motifs is 1. The number of aliphatic hydroxyl groups is 1. The van der Waals surface area contributed by atoms with Gasteiger partial charge < -0.3 is 15.1 Å². The average Bonchev–Trinajstić information content (AvgIpc) is 2.38. The Morgan fingerprint density at radius 1 is 1.50 bits per heavy atom. The Bertz CT molecular complexity index is 399. The number of hydrogen-bond donors (Lipinski definition) is 2. The molecule has 1 saturated heterocycles. The number of carboxylic acids is 1. The first kappa shape index (κ1) is 11.1. The highest BCUT2D eigenvalue weighted by atomic mass is 16.4. The van der Waals surface area contributed by atoms with Crippen LogP contribution in [0.3, 0.4) is 0 Å². The van der Waals surface area contributed by atoms with E-state index in [9.17, 15) is 14.7 Å². The Labute approximate surface area is 93.4 Å². The number of rotatable bonds is 2. The molecular formula is C11H15NO4. The van der Waals surface area contributed by atoms with Crippen molar-refractivity contribution in [3.05, 3.63) is 11.3 Å². The van der Waals surface area contributed by atoms with E-state index < -0.39 is 18.0 Å². The third-order valence-electron chi connectivity index (χ3n) is 3.72. The number of carbonyl (C=O) groups is 2. The fourth-order valence-electron chi connectivity index (χ4n) is 2.75. The van der Waals surface area contributed by atoms with Crippen molar-refractivity contribution < 1.29 is 19.8 Å². The molecule has 5 nitrogen and oxygen atoms in total. The summed E-state index contributed by atoms with van der Waals surface area (Å²) < 4.78 is 0. The van der Waals surface area contributed by atoms with Gasteiger partial charge in [-0.2, -0.15) is 0 Å². The van der Waals surface area contributed by atoms with Gasteiger partial charge in [-0.15, -0.1) is 0 Å². The normalized spacial score (nSPS) is 34.9. The van der Waals surface area contributed by atoms with Crippen molar-refractivity contribution in [2.24, 2.45) is 11.8 Å². The summed E-state index contributed by atoms with van der Waals surface area (Å²) in [6.45, 7) is 5.20. The van der Waals surface area contributed by atoms with Gasteiger partial charge >= 0.3 is 5.97 Å². The topological polar surface area (TPSA) is 77.8 Å². The Kier molecular flexibility index (Phi) is 2.31. The monoisotopic (exact) mass is 225 g/mol. The number of hydrogen-bond acceptors (Lipinski definition) is 3. The standard InChI is InChI=1S/C11H15NO4/c1-4-5(2)9(11(15)16)12-8(4)7(6(3)13)10(12)14/h4,6-8,13H,1-3H3,(H,15,16)/t4-,6+,7+,8+/m0/s1. The maximum Gasteiger partial charge on any atom is 0.352 e. The predicted molar refractivity (Wildman–Crippen MR) is 55.3 cm³/mol. The van der Waals surface area contributed by atoms with Crippen molar-refractivity contribution >= 4 is 11.9 Å². The minimum Gasteiger partial charge on any atom is -0.477 e. The molecule has 0 aromatic rings. The van der Waals surface area contributed by atoms with E-state index in [-0.39, 0.29) is 23.6 Å². The van der Waals surface area contributed by atoms with Crippen LogP contribution in [0.4, 0.5) is 0 Å². The summed E-state index contributed by atoms with van der Waals surface area (Å²) in [5.41, 5.74) is 0.813. The molecule has 0 radical (unpaired) electrons. The van der Waals surface area contributed by atoms with Gasteiger partial charge in [0.15, 0.2) is 0 Å². The summed E-state index contributed by atoms with van der Waals surface area (Å²) in [5.74, 6) is -1.80. The fourth-order valence-corrected chi connectivity index (χ4v) is 2.75. The molecule has 0 aromatic carbocycles. The molecule has 2 rings (SSSR count). The van der Waals surface area contributed by atoms with Crippen molar-refractivity contribution in [1.29, 1.82) is 0 Å². The number of aliphatic hydroxyl groups excluding tert-OH is 1. The average molecular weight is 225 g/mol. The number of amides is 1. The van der Waals surface area contributed by atoms with Crippen molar-refractivity contribution in [3.63, 3.8) is 0 Å². The Morgan fingerprint density at radius 2 is 2.06 bits per heavy atom. The molecule has 0 aromatic heterocycles. The zero-order valence-electron chi connectivity index (χ0n) is 9.47. The van der Waals surface area contributed by atoms with Crippen LogP contribution in [0.15, 0.2) is 11.3 Å². The summed E-state index contributed by atoms with van der Waals surface area (Å²) in [6, 6.07) is -0.182. The van der Waals surface area contributed by atoms with Crippen LogP contribution in [0, 0.1) is 11.8 Å². The first-order chi connectivity index (χ1) is 7.37. The molecule has 2 aliphatic rings. The van der Waals surface area contributed by atoms with Crippen LogP contribution in [-0.2, 0) is 9.59 Å². The van der Waals surface area contributed by atoms with Gasteiger partial charge in [-0.1, -0.05) is 6.92 Å². The predicted octanol–water partition coefficient (Wildman–Crippen LogP) is 0.202. The van der Waals surface area contributed by atoms with Crippen LogP contribution in [0.2, 0.25) is 0 Å². The lowest BCUT2D eigenvalue weighted by Gasteiger charge is -2.46. The van der Waals surface area contributed by atoms with Crippen LogP contribution >= 0.6 is 0 Å². The molecule has 0 aliphatic carbocycles. The minimum absolute atomic E-state index is 0.00315. The summed E-state index contributed by atoms with van der Waals surface area (Å²) in [5, 5.41) is 18.6. The van der Waals surface area contributed by atoms with Crippen molar-refractivity contribution in [2.75, 3.05) is 0 Å². The second-order valence-electron chi connectivity index (χ2n) is 4.59. The van der Waals surface area contributed by atoms with E-state index in [4.69, 9.17) is 5.11 Å².